The second-order valence-corrected chi connectivity index (χ2v) is 7.34. The quantitative estimate of drug-likeness (QED) is 0.886. The van der Waals surface area contributed by atoms with Gasteiger partial charge in [-0.25, -0.2) is 9.97 Å². The second kappa shape index (κ2) is 7.70. The van der Waals surface area contributed by atoms with Crippen LogP contribution in [0.5, 0.6) is 0 Å². The fourth-order valence-corrected chi connectivity index (χ4v) is 4.11. The zero-order chi connectivity index (χ0) is 17.1. The SMILES string of the molecule is OCC1CCC(n2cnc3c(NC4CCCCCCC4)ccnc32)O1. The molecule has 2 unspecified atom stereocenters. The standard InChI is InChI=1S/C19H28N4O2/c24-12-15-8-9-17(25-15)23-13-21-18-16(10-11-20-19(18)23)22-14-6-4-2-1-3-5-7-14/h10-11,13-15,17,24H,1-9,12H2,(H,20,22). The molecule has 0 spiro atoms. The molecule has 25 heavy (non-hydrogen) atoms. The molecule has 1 saturated carbocycles. The number of nitrogens with one attached hydrogen (secondary N) is 1. The van der Waals surface area contributed by atoms with Crippen molar-refractivity contribution in [3.05, 3.63) is 18.6 Å². The van der Waals surface area contributed by atoms with E-state index in [1.807, 2.05) is 23.2 Å². The number of aliphatic hydroxyl groups is 1. The molecule has 0 bridgehead atoms. The topological polar surface area (TPSA) is 72.2 Å². The highest BCUT2D eigenvalue weighted by molar-refractivity contribution is 5.85. The van der Waals surface area contributed by atoms with E-state index in [4.69, 9.17) is 4.74 Å². The van der Waals surface area contributed by atoms with Crippen molar-refractivity contribution in [3.8, 4) is 0 Å². The van der Waals surface area contributed by atoms with Crippen LogP contribution >= 0.6 is 0 Å². The lowest BCUT2D eigenvalue weighted by atomic mass is 9.96. The van der Waals surface area contributed by atoms with Crippen LogP contribution in [0, 0.1) is 0 Å². The first kappa shape index (κ1) is 16.8. The smallest absolute Gasteiger partial charge is 0.164 e. The number of hydrogen-bond donors (Lipinski definition) is 2. The molecule has 3 heterocycles. The van der Waals surface area contributed by atoms with Gasteiger partial charge >= 0.3 is 0 Å². The highest BCUT2D eigenvalue weighted by atomic mass is 16.5. The van der Waals surface area contributed by atoms with Crippen LogP contribution in [0.1, 0.15) is 64.0 Å². The normalized spacial score (nSPS) is 25.8. The minimum atomic E-state index is -0.0775. The molecule has 1 aliphatic heterocycles. The Labute approximate surface area is 148 Å². The molecule has 4 rings (SSSR count). The molecular weight excluding hydrogens is 316 g/mol. The summed E-state index contributed by atoms with van der Waals surface area (Å²) in [5.41, 5.74) is 2.85. The maximum absolute atomic E-state index is 9.29. The summed E-state index contributed by atoms with van der Waals surface area (Å²) in [4.78, 5) is 9.16. The van der Waals surface area contributed by atoms with E-state index in [2.05, 4.69) is 15.3 Å². The van der Waals surface area contributed by atoms with Crippen molar-refractivity contribution in [2.75, 3.05) is 11.9 Å². The number of rotatable bonds is 4. The third-order valence-electron chi connectivity index (χ3n) is 5.52. The third kappa shape index (κ3) is 3.65. The number of imidazole rings is 1. The molecule has 6 nitrogen and oxygen atoms in total. The van der Waals surface area contributed by atoms with Crippen molar-refractivity contribution in [1.29, 1.82) is 0 Å². The number of ether oxygens (including phenoxy) is 1. The number of fused-ring (bicyclic) bond motifs is 1. The van der Waals surface area contributed by atoms with E-state index in [-0.39, 0.29) is 18.9 Å². The van der Waals surface area contributed by atoms with Crippen molar-refractivity contribution < 1.29 is 9.84 Å². The minimum Gasteiger partial charge on any atom is -0.394 e. The average Bonchev–Trinajstić information content (AvgIpc) is 3.23. The first-order valence-corrected chi connectivity index (χ1v) is 9.69. The van der Waals surface area contributed by atoms with Gasteiger partial charge in [-0.15, -0.1) is 0 Å². The first-order valence-electron chi connectivity index (χ1n) is 9.69. The zero-order valence-electron chi connectivity index (χ0n) is 14.7. The predicted octanol–water partition coefficient (Wildman–Crippen LogP) is 3.63. The first-order chi connectivity index (χ1) is 12.3. The largest absolute Gasteiger partial charge is 0.394 e. The summed E-state index contributed by atoms with van der Waals surface area (Å²) >= 11 is 0. The van der Waals surface area contributed by atoms with Crippen molar-refractivity contribution in [2.45, 2.75) is 76.2 Å². The molecule has 2 aromatic heterocycles. The lowest BCUT2D eigenvalue weighted by molar-refractivity contribution is -0.0207. The Morgan fingerprint density at radius 2 is 1.88 bits per heavy atom. The second-order valence-electron chi connectivity index (χ2n) is 7.34. The van der Waals surface area contributed by atoms with Gasteiger partial charge in [-0.05, 0) is 31.7 Å². The number of pyridine rings is 1. The van der Waals surface area contributed by atoms with Gasteiger partial charge in [-0.1, -0.05) is 32.1 Å². The van der Waals surface area contributed by atoms with Crippen molar-refractivity contribution in [2.24, 2.45) is 0 Å². The summed E-state index contributed by atoms with van der Waals surface area (Å²) in [6.07, 6.45) is 14.4. The van der Waals surface area contributed by atoms with Gasteiger partial charge in [-0.3, -0.25) is 4.57 Å². The summed E-state index contributed by atoms with van der Waals surface area (Å²) in [7, 11) is 0. The summed E-state index contributed by atoms with van der Waals surface area (Å²) in [6, 6.07) is 2.56. The summed E-state index contributed by atoms with van der Waals surface area (Å²) in [5.74, 6) is 0. The summed E-state index contributed by atoms with van der Waals surface area (Å²) < 4.78 is 7.90. The van der Waals surface area contributed by atoms with E-state index in [0.29, 0.717) is 6.04 Å². The maximum atomic E-state index is 9.29. The number of anilines is 1. The van der Waals surface area contributed by atoms with Crippen LogP contribution in [0.3, 0.4) is 0 Å². The van der Waals surface area contributed by atoms with Gasteiger partial charge in [0.25, 0.3) is 0 Å². The predicted molar refractivity (Wildman–Crippen MR) is 97.5 cm³/mol. The summed E-state index contributed by atoms with van der Waals surface area (Å²) in [6.45, 7) is 0.0744. The van der Waals surface area contributed by atoms with Crippen molar-refractivity contribution >= 4 is 16.9 Å². The van der Waals surface area contributed by atoms with E-state index in [1.165, 1.54) is 44.9 Å². The third-order valence-corrected chi connectivity index (χ3v) is 5.52. The Kier molecular flexibility index (Phi) is 5.17. The van der Waals surface area contributed by atoms with Gasteiger partial charge in [-0.2, -0.15) is 0 Å². The van der Waals surface area contributed by atoms with E-state index < -0.39 is 0 Å². The van der Waals surface area contributed by atoms with Crippen LogP contribution in [-0.4, -0.2) is 38.4 Å². The molecular formula is C19H28N4O2. The Balaban J connectivity index is 1.54. The highest BCUT2D eigenvalue weighted by Crippen LogP contribution is 2.32. The van der Waals surface area contributed by atoms with Gasteiger partial charge in [0, 0.05) is 12.2 Å². The Morgan fingerprint density at radius 3 is 2.64 bits per heavy atom. The van der Waals surface area contributed by atoms with Gasteiger partial charge < -0.3 is 15.2 Å². The van der Waals surface area contributed by atoms with Gasteiger partial charge in [0.15, 0.2) is 5.65 Å². The van der Waals surface area contributed by atoms with E-state index in [1.54, 1.807) is 0 Å². The highest BCUT2D eigenvalue weighted by Gasteiger charge is 2.27. The Morgan fingerprint density at radius 1 is 1.08 bits per heavy atom. The Hall–Kier alpha value is -1.66. The van der Waals surface area contributed by atoms with E-state index in [9.17, 15) is 5.11 Å². The van der Waals surface area contributed by atoms with Crippen molar-refractivity contribution in [1.82, 2.24) is 14.5 Å². The molecule has 2 aromatic rings. The number of hydrogen-bond acceptors (Lipinski definition) is 5. The molecule has 6 heteroatoms. The molecule has 0 amide bonds. The fourth-order valence-electron chi connectivity index (χ4n) is 4.11. The number of nitrogens with zero attached hydrogens (tertiary/aromatic N) is 3. The molecule has 2 N–H and O–H groups in total. The summed E-state index contributed by atoms with van der Waals surface area (Å²) in [5, 5.41) is 13.0. The van der Waals surface area contributed by atoms with Crippen LogP contribution in [0.15, 0.2) is 18.6 Å². The maximum Gasteiger partial charge on any atom is 0.164 e. The molecule has 0 aromatic carbocycles. The molecule has 2 aliphatic rings. The molecule has 2 atom stereocenters. The lowest BCUT2D eigenvalue weighted by Gasteiger charge is -2.22. The van der Waals surface area contributed by atoms with Gasteiger partial charge in [0.1, 0.15) is 11.7 Å². The van der Waals surface area contributed by atoms with E-state index in [0.717, 1.165) is 29.7 Å². The fraction of sp³-hybridized carbons (Fsp3) is 0.684. The number of aromatic nitrogens is 3. The zero-order valence-corrected chi connectivity index (χ0v) is 14.7. The van der Waals surface area contributed by atoms with Crippen LogP contribution in [0.25, 0.3) is 11.2 Å². The molecule has 2 fully saturated rings. The monoisotopic (exact) mass is 344 g/mol. The van der Waals surface area contributed by atoms with Crippen LogP contribution in [0.4, 0.5) is 5.69 Å². The lowest BCUT2D eigenvalue weighted by Crippen LogP contribution is -2.20. The molecule has 1 saturated heterocycles. The van der Waals surface area contributed by atoms with Crippen LogP contribution in [0.2, 0.25) is 0 Å². The number of aliphatic hydroxyl groups excluding tert-OH is 1. The minimum absolute atomic E-state index is 0.0707. The molecule has 0 radical (unpaired) electrons. The van der Waals surface area contributed by atoms with E-state index >= 15 is 0 Å². The molecule has 136 valence electrons. The van der Waals surface area contributed by atoms with Crippen LogP contribution in [-0.2, 0) is 4.74 Å². The molecule has 1 aliphatic carbocycles. The Bertz CT molecular complexity index is 694. The van der Waals surface area contributed by atoms with Crippen molar-refractivity contribution in [3.63, 3.8) is 0 Å². The van der Waals surface area contributed by atoms with Crippen LogP contribution < -0.4 is 5.32 Å². The van der Waals surface area contributed by atoms with Gasteiger partial charge in [0.05, 0.1) is 24.7 Å². The van der Waals surface area contributed by atoms with Gasteiger partial charge in [0.2, 0.25) is 0 Å². The average molecular weight is 344 g/mol.